The zero-order valence-electron chi connectivity index (χ0n) is 9.58. The quantitative estimate of drug-likeness (QED) is 0.666. The van der Waals surface area contributed by atoms with Gasteiger partial charge in [0.05, 0.1) is 0 Å². The Hall–Kier alpha value is -0.0400. The zero-order valence-corrected chi connectivity index (χ0v) is 9.58. The highest BCUT2D eigenvalue weighted by atomic mass is 15.2. The first-order valence-electron chi connectivity index (χ1n) is 6.51. The van der Waals surface area contributed by atoms with Crippen LogP contribution in [0.25, 0.3) is 0 Å². The van der Waals surface area contributed by atoms with Crippen LogP contribution >= 0.6 is 0 Å². The van der Waals surface area contributed by atoms with Crippen LogP contribution in [-0.4, -0.2) is 23.5 Å². The molecule has 1 heterocycles. The summed E-state index contributed by atoms with van der Waals surface area (Å²) in [5.41, 5.74) is 0. The molecule has 80 valence electrons. The van der Waals surface area contributed by atoms with E-state index in [1.165, 1.54) is 38.6 Å². The van der Waals surface area contributed by atoms with E-state index in [1.807, 2.05) is 0 Å². The summed E-state index contributed by atoms with van der Waals surface area (Å²) >= 11 is 0. The molecular formula is C13H23N. The SMILES string of the molecule is CC(C)N1C[C@H](C2CC2)C[C@@H]1C1CC1. The van der Waals surface area contributed by atoms with Gasteiger partial charge in [0.15, 0.2) is 0 Å². The van der Waals surface area contributed by atoms with Gasteiger partial charge in [-0.15, -0.1) is 0 Å². The van der Waals surface area contributed by atoms with Gasteiger partial charge in [-0.2, -0.15) is 0 Å². The molecule has 3 rings (SSSR count). The van der Waals surface area contributed by atoms with Crippen LogP contribution in [0.2, 0.25) is 0 Å². The molecule has 3 aliphatic rings. The molecule has 1 saturated heterocycles. The van der Waals surface area contributed by atoms with Gasteiger partial charge in [-0.3, -0.25) is 4.90 Å². The predicted octanol–water partition coefficient (Wildman–Crippen LogP) is 2.91. The van der Waals surface area contributed by atoms with Crippen molar-refractivity contribution in [2.45, 2.75) is 58.0 Å². The molecular weight excluding hydrogens is 170 g/mol. The molecule has 0 unspecified atom stereocenters. The van der Waals surface area contributed by atoms with Crippen LogP contribution in [0.5, 0.6) is 0 Å². The van der Waals surface area contributed by atoms with Gasteiger partial charge < -0.3 is 0 Å². The summed E-state index contributed by atoms with van der Waals surface area (Å²) in [6.45, 7) is 6.18. The van der Waals surface area contributed by atoms with Crippen LogP contribution < -0.4 is 0 Å². The Morgan fingerprint density at radius 2 is 1.57 bits per heavy atom. The summed E-state index contributed by atoms with van der Waals surface area (Å²) in [4.78, 5) is 2.81. The zero-order chi connectivity index (χ0) is 9.71. The second-order valence-corrected chi connectivity index (χ2v) is 6.03. The third-order valence-corrected chi connectivity index (χ3v) is 4.53. The second-order valence-electron chi connectivity index (χ2n) is 6.03. The fourth-order valence-corrected chi connectivity index (χ4v) is 3.37. The molecule has 0 aromatic heterocycles. The van der Waals surface area contributed by atoms with Gasteiger partial charge in [-0.05, 0) is 63.7 Å². The minimum atomic E-state index is 0.782. The van der Waals surface area contributed by atoms with Crippen molar-refractivity contribution in [2.75, 3.05) is 6.54 Å². The smallest absolute Gasteiger partial charge is 0.0130 e. The Kier molecular flexibility index (Phi) is 2.12. The van der Waals surface area contributed by atoms with Gasteiger partial charge in [0.25, 0.3) is 0 Å². The Labute approximate surface area is 87.9 Å². The number of likely N-dealkylation sites (tertiary alicyclic amines) is 1. The largest absolute Gasteiger partial charge is 0.297 e. The van der Waals surface area contributed by atoms with Gasteiger partial charge >= 0.3 is 0 Å². The Bertz CT molecular complexity index is 205. The van der Waals surface area contributed by atoms with Crippen molar-refractivity contribution in [2.24, 2.45) is 17.8 Å². The number of hydrogen-bond acceptors (Lipinski definition) is 1. The number of rotatable bonds is 3. The van der Waals surface area contributed by atoms with Crippen molar-refractivity contribution < 1.29 is 0 Å². The number of nitrogens with zero attached hydrogens (tertiary/aromatic N) is 1. The van der Waals surface area contributed by atoms with E-state index in [1.54, 1.807) is 0 Å². The van der Waals surface area contributed by atoms with Crippen LogP contribution in [0, 0.1) is 17.8 Å². The molecule has 0 spiro atoms. The van der Waals surface area contributed by atoms with Crippen LogP contribution in [0.4, 0.5) is 0 Å². The van der Waals surface area contributed by atoms with Gasteiger partial charge in [0.2, 0.25) is 0 Å². The van der Waals surface area contributed by atoms with E-state index in [0.717, 1.165) is 29.8 Å². The summed E-state index contributed by atoms with van der Waals surface area (Å²) in [6.07, 6.45) is 7.64. The minimum absolute atomic E-state index is 0.782. The van der Waals surface area contributed by atoms with Crippen molar-refractivity contribution in [3.8, 4) is 0 Å². The second kappa shape index (κ2) is 3.23. The third-order valence-electron chi connectivity index (χ3n) is 4.53. The average molecular weight is 193 g/mol. The molecule has 0 N–H and O–H groups in total. The lowest BCUT2D eigenvalue weighted by molar-refractivity contribution is 0.182. The molecule has 2 atom stereocenters. The molecule has 0 bridgehead atoms. The Morgan fingerprint density at radius 3 is 2.07 bits per heavy atom. The summed E-state index contributed by atoms with van der Waals surface area (Å²) < 4.78 is 0. The molecule has 1 nitrogen and oxygen atoms in total. The van der Waals surface area contributed by atoms with E-state index in [4.69, 9.17) is 0 Å². The monoisotopic (exact) mass is 193 g/mol. The first-order valence-corrected chi connectivity index (χ1v) is 6.51. The molecule has 0 aromatic carbocycles. The van der Waals surface area contributed by atoms with Gasteiger partial charge in [-0.1, -0.05) is 0 Å². The first-order chi connectivity index (χ1) is 6.75. The molecule has 14 heavy (non-hydrogen) atoms. The molecule has 1 aliphatic heterocycles. The average Bonchev–Trinajstić information content (AvgIpc) is 3.03. The normalized spacial score (nSPS) is 39.6. The van der Waals surface area contributed by atoms with Crippen molar-refractivity contribution >= 4 is 0 Å². The Morgan fingerprint density at radius 1 is 0.929 bits per heavy atom. The molecule has 0 amide bonds. The van der Waals surface area contributed by atoms with Crippen molar-refractivity contribution in [1.29, 1.82) is 0 Å². The summed E-state index contributed by atoms with van der Waals surface area (Å²) in [7, 11) is 0. The fourth-order valence-electron chi connectivity index (χ4n) is 3.37. The highest BCUT2D eigenvalue weighted by Crippen LogP contribution is 2.48. The van der Waals surface area contributed by atoms with E-state index < -0.39 is 0 Å². The fraction of sp³-hybridized carbons (Fsp3) is 1.00. The maximum atomic E-state index is 2.81. The van der Waals surface area contributed by atoms with Gasteiger partial charge in [0.1, 0.15) is 0 Å². The van der Waals surface area contributed by atoms with Gasteiger partial charge in [0, 0.05) is 18.6 Å². The maximum absolute atomic E-state index is 2.81. The summed E-state index contributed by atoms with van der Waals surface area (Å²) in [5.74, 6) is 3.28. The van der Waals surface area contributed by atoms with Crippen molar-refractivity contribution in [1.82, 2.24) is 4.90 Å². The summed E-state index contributed by atoms with van der Waals surface area (Å²) in [6, 6.07) is 1.75. The van der Waals surface area contributed by atoms with Crippen molar-refractivity contribution in [3.63, 3.8) is 0 Å². The highest BCUT2D eigenvalue weighted by Gasteiger charge is 2.46. The van der Waals surface area contributed by atoms with Crippen LogP contribution in [0.15, 0.2) is 0 Å². The molecule has 0 aromatic rings. The lowest BCUT2D eigenvalue weighted by Crippen LogP contribution is -2.36. The van der Waals surface area contributed by atoms with E-state index in [2.05, 4.69) is 18.7 Å². The van der Waals surface area contributed by atoms with Crippen LogP contribution in [0.3, 0.4) is 0 Å². The topological polar surface area (TPSA) is 3.24 Å². The van der Waals surface area contributed by atoms with E-state index in [0.29, 0.717) is 0 Å². The first kappa shape index (κ1) is 9.21. The molecule has 0 radical (unpaired) electrons. The predicted molar refractivity (Wildman–Crippen MR) is 59.2 cm³/mol. The third kappa shape index (κ3) is 1.60. The summed E-state index contributed by atoms with van der Waals surface area (Å²) in [5, 5.41) is 0. The Balaban J connectivity index is 1.68. The molecule has 3 fully saturated rings. The molecule has 1 heteroatoms. The minimum Gasteiger partial charge on any atom is -0.297 e. The van der Waals surface area contributed by atoms with E-state index in [-0.39, 0.29) is 0 Å². The number of hydrogen-bond donors (Lipinski definition) is 0. The van der Waals surface area contributed by atoms with E-state index in [9.17, 15) is 0 Å². The highest BCUT2D eigenvalue weighted by molar-refractivity contribution is 4.99. The lowest BCUT2D eigenvalue weighted by atomic mass is 9.98. The lowest BCUT2D eigenvalue weighted by Gasteiger charge is -2.28. The van der Waals surface area contributed by atoms with Crippen LogP contribution in [-0.2, 0) is 0 Å². The van der Waals surface area contributed by atoms with Crippen molar-refractivity contribution in [3.05, 3.63) is 0 Å². The van der Waals surface area contributed by atoms with Gasteiger partial charge in [-0.25, -0.2) is 0 Å². The maximum Gasteiger partial charge on any atom is 0.0130 e. The van der Waals surface area contributed by atoms with E-state index >= 15 is 0 Å². The molecule has 2 saturated carbocycles. The van der Waals surface area contributed by atoms with Crippen LogP contribution in [0.1, 0.15) is 46.0 Å². The standard InChI is InChI=1S/C13H23N/c1-9(2)14-8-12(10-3-4-10)7-13(14)11-5-6-11/h9-13H,3-8H2,1-2H3/t12-,13-/m1/s1. The molecule has 2 aliphatic carbocycles.